The van der Waals surface area contributed by atoms with Gasteiger partial charge in [0.2, 0.25) is 5.88 Å². The number of nitrogens with zero attached hydrogens (tertiary/aromatic N) is 4. The van der Waals surface area contributed by atoms with Gasteiger partial charge < -0.3 is 24.0 Å². The van der Waals surface area contributed by atoms with Crippen LogP contribution >= 0.6 is 0 Å². The van der Waals surface area contributed by atoms with Gasteiger partial charge in [-0.05, 0) is 31.2 Å². The van der Waals surface area contributed by atoms with Crippen LogP contribution in [0.15, 0.2) is 54.6 Å². The van der Waals surface area contributed by atoms with E-state index >= 15 is 0 Å². The Bertz CT molecular complexity index is 1110. The van der Waals surface area contributed by atoms with E-state index in [0.29, 0.717) is 68.2 Å². The maximum atomic E-state index is 13.2. The highest BCUT2D eigenvalue weighted by atomic mass is 16.6. The predicted molar refractivity (Wildman–Crippen MR) is 119 cm³/mol. The van der Waals surface area contributed by atoms with Crippen LogP contribution in [0.2, 0.25) is 0 Å². The number of anilines is 1. The third-order valence-corrected chi connectivity index (χ3v) is 5.45. The SMILES string of the molecule is Cc1nc(Oc2ccccc2)cc(N2CCN(C(=O)c3cccc4c3OCCO4)CC2)n1. The van der Waals surface area contributed by atoms with E-state index in [-0.39, 0.29) is 5.91 Å². The first-order valence-electron chi connectivity index (χ1n) is 10.7. The summed E-state index contributed by atoms with van der Waals surface area (Å²) < 4.78 is 17.2. The molecule has 1 amide bonds. The number of piperazine rings is 1. The average Bonchev–Trinajstić information content (AvgIpc) is 2.83. The first kappa shape index (κ1) is 20.1. The van der Waals surface area contributed by atoms with Crippen molar-refractivity contribution in [2.75, 3.05) is 44.3 Å². The van der Waals surface area contributed by atoms with E-state index in [1.54, 1.807) is 6.07 Å². The molecule has 0 aliphatic carbocycles. The molecule has 8 heteroatoms. The van der Waals surface area contributed by atoms with Crippen molar-refractivity contribution < 1.29 is 19.0 Å². The molecule has 1 aromatic heterocycles. The van der Waals surface area contributed by atoms with E-state index in [0.717, 1.165) is 11.6 Å². The molecule has 32 heavy (non-hydrogen) atoms. The van der Waals surface area contributed by atoms with E-state index in [2.05, 4.69) is 14.9 Å². The van der Waals surface area contributed by atoms with E-state index in [4.69, 9.17) is 14.2 Å². The van der Waals surface area contributed by atoms with Crippen LogP contribution in [0, 0.1) is 6.92 Å². The second kappa shape index (κ2) is 8.74. The molecule has 0 bridgehead atoms. The van der Waals surface area contributed by atoms with Crippen molar-refractivity contribution in [3.05, 3.63) is 66.0 Å². The van der Waals surface area contributed by atoms with Crippen molar-refractivity contribution in [1.82, 2.24) is 14.9 Å². The number of rotatable bonds is 4. The number of hydrogen-bond acceptors (Lipinski definition) is 7. The average molecular weight is 432 g/mol. The van der Waals surface area contributed by atoms with Crippen molar-refractivity contribution in [2.45, 2.75) is 6.92 Å². The van der Waals surface area contributed by atoms with Gasteiger partial charge in [0, 0.05) is 32.2 Å². The Labute approximate surface area is 186 Å². The molecule has 1 fully saturated rings. The Morgan fingerprint density at radius 2 is 1.72 bits per heavy atom. The first-order chi connectivity index (χ1) is 15.7. The fraction of sp³-hybridized carbons (Fsp3) is 0.292. The lowest BCUT2D eigenvalue weighted by atomic mass is 10.1. The molecule has 2 aliphatic heterocycles. The third kappa shape index (κ3) is 4.16. The van der Waals surface area contributed by atoms with Gasteiger partial charge in [0.25, 0.3) is 5.91 Å². The Morgan fingerprint density at radius 1 is 0.938 bits per heavy atom. The smallest absolute Gasteiger partial charge is 0.257 e. The summed E-state index contributed by atoms with van der Waals surface area (Å²) in [6, 6.07) is 16.8. The predicted octanol–water partition coefficient (Wildman–Crippen LogP) is 3.31. The van der Waals surface area contributed by atoms with Gasteiger partial charge in [-0.15, -0.1) is 0 Å². The van der Waals surface area contributed by atoms with E-state index in [9.17, 15) is 4.79 Å². The molecule has 0 radical (unpaired) electrons. The number of benzene rings is 2. The molecule has 3 aromatic rings. The summed E-state index contributed by atoms with van der Waals surface area (Å²) in [6.07, 6.45) is 0. The molecular formula is C24H24N4O4. The van der Waals surface area contributed by atoms with Crippen LogP contribution < -0.4 is 19.1 Å². The van der Waals surface area contributed by atoms with Crippen molar-refractivity contribution >= 4 is 11.7 Å². The molecule has 164 valence electrons. The molecule has 5 rings (SSSR count). The number of aryl methyl sites for hydroxylation is 1. The normalized spacial score (nSPS) is 15.4. The summed E-state index contributed by atoms with van der Waals surface area (Å²) in [5.74, 6) is 3.79. The van der Waals surface area contributed by atoms with E-state index in [1.165, 1.54) is 0 Å². The number of amides is 1. The number of carbonyl (C=O) groups excluding carboxylic acids is 1. The van der Waals surface area contributed by atoms with Crippen LogP contribution in [-0.2, 0) is 0 Å². The number of carbonyl (C=O) groups is 1. The monoisotopic (exact) mass is 432 g/mol. The zero-order valence-electron chi connectivity index (χ0n) is 17.9. The zero-order valence-corrected chi connectivity index (χ0v) is 17.9. The van der Waals surface area contributed by atoms with Gasteiger partial charge in [0.15, 0.2) is 11.5 Å². The molecule has 8 nitrogen and oxygen atoms in total. The lowest BCUT2D eigenvalue weighted by Crippen LogP contribution is -2.49. The van der Waals surface area contributed by atoms with Crippen molar-refractivity contribution in [1.29, 1.82) is 0 Å². The summed E-state index contributed by atoms with van der Waals surface area (Å²) >= 11 is 0. The maximum absolute atomic E-state index is 13.2. The fourth-order valence-corrected chi connectivity index (χ4v) is 3.90. The Hall–Kier alpha value is -3.81. The zero-order chi connectivity index (χ0) is 21.9. The van der Waals surface area contributed by atoms with Crippen molar-refractivity contribution in [2.24, 2.45) is 0 Å². The quantitative estimate of drug-likeness (QED) is 0.626. The van der Waals surface area contributed by atoms with Gasteiger partial charge in [0.1, 0.15) is 30.6 Å². The van der Waals surface area contributed by atoms with Crippen LogP contribution in [0.1, 0.15) is 16.2 Å². The first-order valence-corrected chi connectivity index (χ1v) is 10.7. The topological polar surface area (TPSA) is 77.0 Å². The number of hydrogen-bond donors (Lipinski definition) is 0. The van der Waals surface area contributed by atoms with Crippen LogP contribution in [0.25, 0.3) is 0 Å². The molecule has 0 unspecified atom stereocenters. The summed E-state index contributed by atoms with van der Waals surface area (Å²) in [5, 5.41) is 0. The highest BCUT2D eigenvalue weighted by Crippen LogP contribution is 2.34. The molecular weight excluding hydrogens is 408 g/mol. The second-order valence-electron chi connectivity index (χ2n) is 7.64. The summed E-state index contributed by atoms with van der Waals surface area (Å²) in [6.45, 7) is 5.30. The Balaban J connectivity index is 1.27. The van der Waals surface area contributed by atoms with Crippen LogP contribution in [-0.4, -0.2) is 60.2 Å². The van der Waals surface area contributed by atoms with Gasteiger partial charge in [-0.1, -0.05) is 24.3 Å². The summed E-state index contributed by atoms with van der Waals surface area (Å²) in [5.41, 5.74) is 0.548. The van der Waals surface area contributed by atoms with E-state index < -0.39 is 0 Å². The molecule has 3 heterocycles. The molecule has 0 spiro atoms. The molecule has 0 atom stereocenters. The second-order valence-corrected chi connectivity index (χ2v) is 7.64. The summed E-state index contributed by atoms with van der Waals surface area (Å²) in [4.78, 5) is 26.1. The number of para-hydroxylation sites is 2. The highest BCUT2D eigenvalue weighted by molar-refractivity contribution is 5.98. The number of aromatic nitrogens is 2. The minimum atomic E-state index is -0.0426. The van der Waals surface area contributed by atoms with Crippen LogP contribution in [0.5, 0.6) is 23.1 Å². The molecule has 2 aromatic carbocycles. The minimum absolute atomic E-state index is 0.0426. The summed E-state index contributed by atoms with van der Waals surface area (Å²) in [7, 11) is 0. The lowest BCUT2D eigenvalue weighted by Gasteiger charge is -2.36. The van der Waals surface area contributed by atoms with Gasteiger partial charge in [-0.3, -0.25) is 4.79 Å². The van der Waals surface area contributed by atoms with Gasteiger partial charge in [0.05, 0.1) is 5.56 Å². The van der Waals surface area contributed by atoms with Gasteiger partial charge in [-0.2, -0.15) is 4.98 Å². The maximum Gasteiger partial charge on any atom is 0.257 e. The van der Waals surface area contributed by atoms with Crippen LogP contribution in [0.4, 0.5) is 5.82 Å². The molecule has 0 saturated carbocycles. The van der Waals surface area contributed by atoms with Crippen molar-refractivity contribution in [3.8, 4) is 23.1 Å². The number of ether oxygens (including phenoxy) is 3. The Kier molecular flexibility index (Phi) is 5.49. The van der Waals surface area contributed by atoms with Crippen molar-refractivity contribution in [3.63, 3.8) is 0 Å². The largest absolute Gasteiger partial charge is 0.486 e. The third-order valence-electron chi connectivity index (χ3n) is 5.45. The minimum Gasteiger partial charge on any atom is -0.486 e. The molecule has 0 N–H and O–H groups in total. The van der Waals surface area contributed by atoms with Crippen LogP contribution in [0.3, 0.4) is 0 Å². The lowest BCUT2D eigenvalue weighted by molar-refractivity contribution is 0.0736. The molecule has 2 aliphatic rings. The fourth-order valence-electron chi connectivity index (χ4n) is 3.90. The highest BCUT2D eigenvalue weighted by Gasteiger charge is 2.27. The molecule has 1 saturated heterocycles. The van der Waals surface area contributed by atoms with Gasteiger partial charge >= 0.3 is 0 Å². The Morgan fingerprint density at radius 3 is 2.53 bits per heavy atom. The standard InChI is InChI=1S/C24H24N4O4/c1-17-25-21(16-22(26-17)32-18-6-3-2-4-7-18)27-10-12-28(13-11-27)24(29)19-8-5-9-20-23(19)31-15-14-30-20/h2-9,16H,10-15H2,1H3. The van der Waals surface area contributed by atoms with Gasteiger partial charge in [-0.25, -0.2) is 4.98 Å². The number of fused-ring (bicyclic) bond motifs is 1. The van der Waals surface area contributed by atoms with E-state index in [1.807, 2.05) is 60.4 Å².